The summed E-state index contributed by atoms with van der Waals surface area (Å²) in [5.41, 5.74) is 1.43. The van der Waals surface area contributed by atoms with E-state index in [1.807, 2.05) is 0 Å². The van der Waals surface area contributed by atoms with Gasteiger partial charge in [-0.15, -0.1) is 0 Å². The van der Waals surface area contributed by atoms with Crippen molar-refractivity contribution in [3.63, 3.8) is 0 Å². The second-order valence-corrected chi connectivity index (χ2v) is 5.05. The number of amides is 2. The van der Waals surface area contributed by atoms with Crippen LogP contribution in [0.15, 0.2) is 23.0 Å². The topological polar surface area (TPSA) is 107 Å². The summed E-state index contributed by atoms with van der Waals surface area (Å²) in [7, 11) is 0. The molecule has 0 atom stereocenters. The fourth-order valence-corrected chi connectivity index (χ4v) is 2.38. The average molecular weight is 304 g/mol. The maximum Gasteiger partial charge on any atom is 0.409 e. The van der Waals surface area contributed by atoms with Crippen LogP contribution in [0, 0.1) is 0 Å². The SMILES string of the molecule is O=C(NCCCN1CCOC1=O)c1ccc2[nH]c(=O)[nH]c2c1. The van der Waals surface area contributed by atoms with Gasteiger partial charge in [0.05, 0.1) is 17.6 Å². The molecule has 3 rings (SSSR count). The van der Waals surface area contributed by atoms with Crippen LogP contribution in [0.1, 0.15) is 16.8 Å². The van der Waals surface area contributed by atoms with E-state index in [9.17, 15) is 14.4 Å². The van der Waals surface area contributed by atoms with Crippen molar-refractivity contribution in [2.24, 2.45) is 0 Å². The van der Waals surface area contributed by atoms with Gasteiger partial charge in [0, 0.05) is 18.7 Å². The Bertz CT molecular complexity index is 764. The molecular formula is C14H16N4O4. The number of nitrogens with zero attached hydrogens (tertiary/aromatic N) is 1. The fraction of sp³-hybridized carbons (Fsp3) is 0.357. The Morgan fingerprint density at radius 1 is 1.27 bits per heavy atom. The molecule has 0 saturated carbocycles. The number of benzene rings is 1. The fourth-order valence-electron chi connectivity index (χ4n) is 2.38. The van der Waals surface area contributed by atoms with Gasteiger partial charge in [0.1, 0.15) is 6.61 Å². The number of H-pyrrole nitrogens is 2. The summed E-state index contributed by atoms with van der Waals surface area (Å²) in [5.74, 6) is -0.215. The number of fused-ring (bicyclic) bond motifs is 1. The van der Waals surface area contributed by atoms with E-state index < -0.39 is 0 Å². The molecule has 3 N–H and O–H groups in total. The maximum absolute atomic E-state index is 12.0. The number of ether oxygens (including phenoxy) is 1. The lowest BCUT2D eigenvalue weighted by Crippen LogP contribution is -2.30. The number of rotatable bonds is 5. The summed E-state index contributed by atoms with van der Waals surface area (Å²) >= 11 is 0. The average Bonchev–Trinajstić information content (AvgIpc) is 3.07. The Balaban J connectivity index is 1.52. The van der Waals surface area contributed by atoms with Crippen LogP contribution in [-0.2, 0) is 4.74 Å². The quantitative estimate of drug-likeness (QED) is 0.696. The van der Waals surface area contributed by atoms with Gasteiger partial charge in [0.2, 0.25) is 0 Å². The van der Waals surface area contributed by atoms with Crippen LogP contribution >= 0.6 is 0 Å². The number of aromatic amines is 2. The highest BCUT2D eigenvalue weighted by Crippen LogP contribution is 2.10. The van der Waals surface area contributed by atoms with Crippen LogP contribution in [0.2, 0.25) is 0 Å². The second kappa shape index (κ2) is 5.92. The molecule has 2 amide bonds. The lowest BCUT2D eigenvalue weighted by atomic mass is 10.2. The monoisotopic (exact) mass is 304 g/mol. The largest absolute Gasteiger partial charge is 0.448 e. The Kier molecular flexibility index (Phi) is 3.82. The van der Waals surface area contributed by atoms with Crippen LogP contribution < -0.4 is 11.0 Å². The molecule has 0 radical (unpaired) electrons. The summed E-state index contributed by atoms with van der Waals surface area (Å²) in [6, 6.07) is 4.96. The highest BCUT2D eigenvalue weighted by Gasteiger charge is 2.20. The third-order valence-electron chi connectivity index (χ3n) is 3.51. The van der Waals surface area contributed by atoms with Crippen molar-refractivity contribution in [2.45, 2.75) is 6.42 Å². The summed E-state index contributed by atoms with van der Waals surface area (Å²) < 4.78 is 4.82. The third-order valence-corrected chi connectivity index (χ3v) is 3.51. The van der Waals surface area contributed by atoms with E-state index in [2.05, 4.69) is 15.3 Å². The zero-order valence-corrected chi connectivity index (χ0v) is 11.8. The number of carbonyl (C=O) groups excluding carboxylic acids is 2. The molecule has 1 aromatic carbocycles. The highest BCUT2D eigenvalue weighted by molar-refractivity contribution is 5.97. The molecule has 8 nitrogen and oxygen atoms in total. The molecule has 2 heterocycles. The van der Waals surface area contributed by atoms with E-state index in [0.29, 0.717) is 49.3 Å². The Morgan fingerprint density at radius 2 is 2.09 bits per heavy atom. The molecule has 0 spiro atoms. The summed E-state index contributed by atoms with van der Waals surface area (Å²) in [6.45, 7) is 2.05. The molecule has 0 aliphatic carbocycles. The highest BCUT2D eigenvalue weighted by atomic mass is 16.6. The number of nitrogens with one attached hydrogen (secondary N) is 3. The first-order chi connectivity index (χ1) is 10.6. The second-order valence-electron chi connectivity index (χ2n) is 5.05. The number of imidazole rings is 1. The van der Waals surface area contributed by atoms with Gasteiger partial charge in [-0.1, -0.05) is 0 Å². The van der Waals surface area contributed by atoms with E-state index in [1.54, 1.807) is 23.1 Å². The Hall–Kier alpha value is -2.77. The predicted octanol–water partition coefficient (Wildman–Crippen LogP) is 0.428. The van der Waals surface area contributed by atoms with E-state index in [4.69, 9.17) is 4.74 Å². The van der Waals surface area contributed by atoms with Crippen molar-refractivity contribution in [1.82, 2.24) is 20.2 Å². The van der Waals surface area contributed by atoms with Crippen molar-refractivity contribution in [3.8, 4) is 0 Å². The first-order valence-electron chi connectivity index (χ1n) is 7.05. The molecule has 1 aliphatic heterocycles. The first-order valence-corrected chi connectivity index (χ1v) is 7.05. The molecule has 116 valence electrons. The summed E-state index contributed by atoms with van der Waals surface area (Å²) in [6.07, 6.45) is 0.359. The minimum Gasteiger partial charge on any atom is -0.448 e. The predicted molar refractivity (Wildman–Crippen MR) is 78.8 cm³/mol. The van der Waals surface area contributed by atoms with E-state index >= 15 is 0 Å². The Morgan fingerprint density at radius 3 is 2.86 bits per heavy atom. The van der Waals surface area contributed by atoms with Crippen LogP contribution in [-0.4, -0.2) is 53.1 Å². The lowest BCUT2D eigenvalue weighted by Gasteiger charge is -2.12. The zero-order chi connectivity index (χ0) is 15.5. The molecule has 0 unspecified atom stereocenters. The summed E-state index contributed by atoms with van der Waals surface area (Å²) in [5, 5.41) is 2.79. The number of carbonyl (C=O) groups is 2. The van der Waals surface area contributed by atoms with Crippen LogP contribution in [0.25, 0.3) is 11.0 Å². The molecule has 22 heavy (non-hydrogen) atoms. The lowest BCUT2D eigenvalue weighted by molar-refractivity contribution is 0.0952. The van der Waals surface area contributed by atoms with Crippen LogP contribution in [0.3, 0.4) is 0 Å². The maximum atomic E-state index is 12.0. The van der Waals surface area contributed by atoms with Crippen molar-refractivity contribution >= 4 is 23.0 Å². The summed E-state index contributed by atoms with van der Waals surface area (Å²) in [4.78, 5) is 41.3. The molecular weight excluding hydrogens is 288 g/mol. The zero-order valence-electron chi connectivity index (χ0n) is 11.8. The molecule has 1 fully saturated rings. The molecule has 8 heteroatoms. The van der Waals surface area contributed by atoms with Gasteiger partial charge < -0.3 is 24.9 Å². The molecule has 1 aromatic heterocycles. The van der Waals surface area contributed by atoms with Gasteiger partial charge >= 0.3 is 11.8 Å². The number of hydrogen-bond acceptors (Lipinski definition) is 4. The van der Waals surface area contributed by atoms with E-state index in [-0.39, 0.29) is 17.7 Å². The van der Waals surface area contributed by atoms with E-state index in [1.165, 1.54) is 0 Å². The van der Waals surface area contributed by atoms with Crippen LogP contribution in [0.5, 0.6) is 0 Å². The van der Waals surface area contributed by atoms with Crippen molar-refractivity contribution in [2.75, 3.05) is 26.2 Å². The minimum absolute atomic E-state index is 0.215. The van der Waals surface area contributed by atoms with Gasteiger partial charge in [-0.2, -0.15) is 0 Å². The van der Waals surface area contributed by atoms with Crippen molar-refractivity contribution in [1.29, 1.82) is 0 Å². The van der Waals surface area contributed by atoms with Gasteiger partial charge in [-0.3, -0.25) is 4.79 Å². The van der Waals surface area contributed by atoms with Gasteiger partial charge in [0.15, 0.2) is 0 Å². The van der Waals surface area contributed by atoms with Gasteiger partial charge in [-0.25, -0.2) is 9.59 Å². The van der Waals surface area contributed by atoms with Crippen molar-refractivity contribution < 1.29 is 14.3 Å². The number of cyclic esters (lactones) is 1. The molecule has 0 bridgehead atoms. The third kappa shape index (κ3) is 2.95. The smallest absolute Gasteiger partial charge is 0.409 e. The van der Waals surface area contributed by atoms with Crippen molar-refractivity contribution in [3.05, 3.63) is 34.2 Å². The standard InChI is InChI=1S/C14H16N4O4/c19-12(15-4-1-5-18-6-7-22-14(18)21)9-2-3-10-11(8-9)17-13(20)16-10/h2-3,8H,1,4-7H2,(H,15,19)(H2,16,17,20). The van der Waals surface area contributed by atoms with Gasteiger partial charge in [0.25, 0.3) is 5.91 Å². The number of aromatic nitrogens is 2. The molecule has 1 saturated heterocycles. The Labute approximate surface area is 125 Å². The van der Waals surface area contributed by atoms with Crippen LogP contribution in [0.4, 0.5) is 4.79 Å². The number of hydrogen-bond donors (Lipinski definition) is 3. The molecule has 1 aliphatic rings. The van der Waals surface area contributed by atoms with E-state index in [0.717, 1.165) is 0 Å². The van der Waals surface area contributed by atoms with Gasteiger partial charge in [-0.05, 0) is 24.6 Å². The minimum atomic E-state index is -0.301. The first kappa shape index (κ1) is 14.2. The molecule has 2 aromatic rings. The normalized spacial score (nSPS) is 14.4.